The largest absolute Gasteiger partial charge is 0.497 e. The molecule has 4 rings (SSSR count). The van der Waals surface area contributed by atoms with Gasteiger partial charge in [0, 0.05) is 11.4 Å². The van der Waals surface area contributed by atoms with Crippen molar-refractivity contribution in [3.05, 3.63) is 90.3 Å². The van der Waals surface area contributed by atoms with Gasteiger partial charge in [-0.1, -0.05) is 36.0 Å². The summed E-state index contributed by atoms with van der Waals surface area (Å²) < 4.78 is 51.7. The summed E-state index contributed by atoms with van der Waals surface area (Å²) in [6.45, 7) is 0.125. The van der Waals surface area contributed by atoms with E-state index in [0.717, 1.165) is 29.6 Å². The second-order valence-corrected chi connectivity index (χ2v) is 8.39. The number of anilines is 1. The molecule has 186 valence electrons. The number of alkyl halides is 3. The third-order valence-electron chi connectivity index (χ3n) is 4.95. The Morgan fingerprint density at radius 2 is 1.72 bits per heavy atom. The number of carbonyl (C=O) groups excluding carboxylic acids is 1. The molecule has 0 bridgehead atoms. The maximum atomic E-state index is 12.9. The average Bonchev–Trinajstić information content (AvgIpc) is 3.29. The van der Waals surface area contributed by atoms with Crippen molar-refractivity contribution in [3.8, 4) is 17.2 Å². The number of rotatable bonds is 9. The highest BCUT2D eigenvalue weighted by molar-refractivity contribution is 7.99. The lowest BCUT2D eigenvalue weighted by molar-refractivity contribution is -0.137. The van der Waals surface area contributed by atoms with Gasteiger partial charge in [0.25, 0.3) is 0 Å². The molecule has 0 saturated carbocycles. The third-order valence-corrected chi connectivity index (χ3v) is 5.88. The van der Waals surface area contributed by atoms with Crippen LogP contribution in [0.5, 0.6) is 11.5 Å². The molecule has 1 amide bonds. The van der Waals surface area contributed by atoms with Crippen LogP contribution in [0.25, 0.3) is 5.69 Å². The van der Waals surface area contributed by atoms with E-state index >= 15 is 0 Å². The van der Waals surface area contributed by atoms with E-state index in [1.165, 1.54) is 12.1 Å². The van der Waals surface area contributed by atoms with Crippen LogP contribution in [0.4, 0.5) is 18.9 Å². The van der Waals surface area contributed by atoms with Crippen LogP contribution in [-0.4, -0.2) is 33.5 Å². The first-order valence-electron chi connectivity index (χ1n) is 10.7. The minimum Gasteiger partial charge on any atom is -0.497 e. The number of amides is 1. The summed E-state index contributed by atoms with van der Waals surface area (Å²) in [7, 11) is 1.57. The smallest absolute Gasteiger partial charge is 0.416 e. The Labute approximate surface area is 209 Å². The molecule has 0 spiro atoms. The second-order valence-electron chi connectivity index (χ2n) is 7.45. The number of halogens is 3. The van der Waals surface area contributed by atoms with E-state index in [0.29, 0.717) is 22.5 Å². The van der Waals surface area contributed by atoms with Gasteiger partial charge in [-0.3, -0.25) is 9.36 Å². The fourth-order valence-corrected chi connectivity index (χ4v) is 4.01. The quantitative estimate of drug-likeness (QED) is 0.293. The summed E-state index contributed by atoms with van der Waals surface area (Å²) in [6.07, 6.45) is -4.50. The van der Waals surface area contributed by atoms with Crippen LogP contribution in [0.1, 0.15) is 11.4 Å². The monoisotopic (exact) mass is 514 g/mol. The van der Waals surface area contributed by atoms with Crippen molar-refractivity contribution in [1.82, 2.24) is 14.8 Å². The molecule has 0 unspecified atom stereocenters. The number of thioether (sulfide) groups is 1. The number of benzene rings is 3. The average molecular weight is 515 g/mol. The predicted octanol–water partition coefficient (Wildman–Crippen LogP) is 5.60. The van der Waals surface area contributed by atoms with Crippen molar-refractivity contribution in [2.45, 2.75) is 17.9 Å². The fraction of sp³-hybridized carbons (Fsp3) is 0.160. The zero-order valence-corrected chi connectivity index (χ0v) is 19.8. The highest BCUT2D eigenvalue weighted by Gasteiger charge is 2.30. The first kappa shape index (κ1) is 25.1. The van der Waals surface area contributed by atoms with Crippen LogP contribution >= 0.6 is 11.8 Å². The lowest BCUT2D eigenvalue weighted by Crippen LogP contribution is -2.15. The van der Waals surface area contributed by atoms with Gasteiger partial charge in [0.2, 0.25) is 5.91 Å². The molecule has 1 heterocycles. The van der Waals surface area contributed by atoms with Gasteiger partial charge in [-0.05, 0) is 54.6 Å². The zero-order chi connectivity index (χ0) is 25.5. The van der Waals surface area contributed by atoms with Gasteiger partial charge in [0.1, 0.15) is 18.1 Å². The van der Waals surface area contributed by atoms with Gasteiger partial charge in [-0.25, -0.2) is 0 Å². The van der Waals surface area contributed by atoms with E-state index in [1.807, 2.05) is 42.5 Å². The van der Waals surface area contributed by atoms with Gasteiger partial charge in [0.05, 0.1) is 18.4 Å². The SMILES string of the molecule is COc1ccc(-n2c(COc3ccccc3)nnc2SCC(=O)Nc2cccc(C(F)(F)F)c2)cc1. The number of hydrogen-bond donors (Lipinski definition) is 1. The maximum Gasteiger partial charge on any atom is 0.416 e. The van der Waals surface area contributed by atoms with Gasteiger partial charge in [0.15, 0.2) is 11.0 Å². The van der Waals surface area contributed by atoms with Crippen LogP contribution in [0, 0.1) is 0 Å². The van der Waals surface area contributed by atoms with E-state index in [2.05, 4.69) is 15.5 Å². The van der Waals surface area contributed by atoms with E-state index in [1.54, 1.807) is 23.8 Å². The molecule has 36 heavy (non-hydrogen) atoms. The molecule has 0 aliphatic carbocycles. The van der Waals surface area contributed by atoms with Crippen molar-refractivity contribution in [2.75, 3.05) is 18.2 Å². The molecular weight excluding hydrogens is 493 g/mol. The molecule has 0 saturated heterocycles. The van der Waals surface area contributed by atoms with Crippen LogP contribution in [0.2, 0.25) is 0 Å². The number of nitrogens with one attached hydrogen (secondary N) is 1. The number of nitrogens with zero attached hydrogens (tertiary/aromatic N) is 3. The Morgan fingerprint density at radius 1 is 0.972 bits per heavy atom. The number of para-hydroxylation sites is 1. The van der Waals surface area contributed by atoms with Crippen molar-refractivity contribution >= 4 is 23.4 Å². The van der Waals surface area contributed by atoms with Crippen molar-refractivity contribution in [3.63, 3.8) is 0 Å². The summed E-state index contributed by atoms with van der Waals surface area (Å²) in [4.78, 5) is 12.5. The van der Waals surface area contributed by atoms with Crippen molar-refractivity contribution in [2.24, 2.45) is 0 Å². The molecule has 1 aromatic heterocycles. The normalized spacial score (nSPS) is 11.2. The minimum atomic E-state index is -4.50. The Morgan fingerprint density at radius 3 is 2.42 bits per heavy atom. The molecule has 11 heteroatoms. The molecule has 4 aromatic rings. The van der Waals surface area contributed by atoms with Crippen molar-refractivity contribution in [1.29, 1.82) is 0 Å². The number of ether oxygens (including phenoxy) is 2. The lowest BCUT2D eigenvalue weighted by atomic mass is 10.2. The Bertz CT molecular complexity index is 1310. The number of aromatic nitrogens is 3. The minimum absolute atomic E-state index is 0.0593. The summed E-state index contributed by atoms with van der Waals surface area (Å²) in [5, 5.41) is 11.4. The van der Waals surface area contributed by atoms with Crippen molar-refractivity contribution < 1.29 is 27.4 Å². The fourth-order valence-electron chi connectivity index (χ4n) is 3.24. The highest BCUT2D eigenvalue weighted by Crippen LogP contribution is 2.31. The van der Waals surface area contributed by atoms with Crippen LogP contribution in [-0.2, 0) is 17.6 Å². The molecule has 0 fully saturated rings. The number of methoxy groups -OCH3 is 1. The first-order valence-corrected chi connectivity index (χ1v) is 11.7. The summed E-state index contributed by atoms with van der Waals surface area (Å²) in [5.74, 6) is 1.26. The Balaban J connectivity index is 1.50. The number of carbonyl (C=O) groups is 1. The molecule has 1 N–H and O–H groups in total. The standard InChI is InChI=1S/C25H21F3N4O3S/c1-34-20-12-10-19(11-13-20)32-22(15-35-21-8-3-2-4-9-21)30-31-24(32)36-16-23(33)29-18-7-5-6-17(14-18)25(26,27)28/h2-14H,15-16H2,1H3,(H,29,33). The van der Waals surface area contributed by atoms with Gasteiger partial charge >= 0.3 is 6.18 Å². The van der Waals surface area contributed by atoms with Gasteiger partial charge in [-0.2, -0.15) is 13.2 Å². The molecule has 7 nitrogen and oxygen atoms in total. The molecule has 0 aliphatic heterocycles. The van der Waals surface area contributed by atoms with E-state index < -0.39 is 17.6 Å². The molecule has 0 radical (unpaired) electrons. The second kappa shape index (κ2) is 11.2. The van der Waals surface area contributed by atoms with Crippen LogP contribution in [0.15, 0.2) is 84.0 Å². The molecular formula is C25H21F3N4O3S. The summed E-state index contributed by atoms with van der Waals surface area (Å²) in [6, 6.07) is 20.9. The molecule has 3 aromatic carbocycles. The number of hydrogen-bond acceptors (Lipinski definition) is 6. The maximum absolute atomic E-state index is 12.9. The highest BCUT2D eigenvalue weighted by atomic mass is 32.2. The zero-order valence-electron chi connectivity index (χ0n) is 19.0. The van der Waals surface area contributed by atoms with Gasteiger partial charge in [-0.15, -0.1) is 10.2 Å². The molecule has 0 aliphatic rings. The Kier molecular flexibility index (Phi) is 7.79. The first-order chi connectivity index (χ1) is 17.3. The summed E-state index contributed by atoms with van der Waals surface area (Å²) in [5.41, 5.74) is -0.0486. The third kappa shape index (κ3) is 6.36. The molecule has 0 atom stereocenters. The Hall–Kier alpha value is -3.99. The van der Waals surface area contributed by atoms with Crippen LogP contribution < -0.4 is 14.8 Å². The van der Waals surface area contributed by atoms with E-state index in [4.69, 9.17) is 9.47 Å². The summed E-state index contributed by atoms with van der Waals surface area (Å²) >= 11 is 1.10. The predicted molar refractivity (Wildman–Crippen MR) is 129 cm³/mol. The van der Waals surface area contributed by atoms with E-state index in [-0.39, 0.29) is 18.0 Å². The van der Waals surface area contributed by atoms with Gasteiger partial charge < -0.3 is 14.8 Å². The van der Waals surface area contributed by atoms with E-state index in [9.17, 15) is 18.0 Å². The lowest BCUT2D eigenvalue weighted by Gasteiger charge is -2.12. The topological polar surface area (TPSA) is 78.3 Å². The van der Waals surface area contributed by atoms with Crippen LogP contribution in [0.3, 0.4) is 0 Å².